The lowest BCUT2D eigenvalue weighted by Gasteiger charge is -2.29. The average molecular weight is 491 g/mol. The molecule has 8 heteroatoms. The molecule has 0 fully saturated rings. The molecule has 7 nitrogen and oxygen atoms in total. The summed E-state index contributed by atoms with van der Waals surface area (Å²) in [6.45, 7) is 6.14. The number of anilines is 1. The second-order valence-corrected chi connectivity index (χ2v) is 8.65. The normalized spacial score (nSPS) is 12.0. The molecule has 1 amide bonds. The van der Waals surface area contributed by atoms with Gasteiger partial charge in [0.1, 0.15) is 11.6 Å². The van der Waals surface area contributed by atoms with Crippen LogP contribution < -0.4 is 5.73 Å². The number of benzene rings is 1. The molecule has 0 radical (unpaired) electrons. The van der Waals surface area contributed by atoms with E-state index in [1.54, 1.807) is 35.6 Å². The molecule has 0 saturated heterocycles. The van der Waals surface area contributed by atoms with Gasteiger partial charge in [0.15, 0.2) is 0 Å². The summed E-state index contributed by atoms with van der Waals surface area (Å²) in [6, 6.07) is 10.8. The zero-order valence-electron chi connectivity index (χ0n) is 18.1. The van der Waals surface area contributed by atoms with E-state index in [-0.39, 0.29) is 11.9 Å². The molecule has 0 saturated carbocycles. The van der Waals surface area contributed by atoms with Crippen molar-refractivity contribution in [3.8, 4) is 0 Å². The van der Waals surface area contributed by atoms with Crippen molar-refractivity contribution in [2.75, 3.05) is 5.73 Å². The molecule has 3 heterocycles. The van der Waals surface area contributed by atoms with Crippen molar-refractivity contribution >= 4 is 38.6 Å². The van der Waals surface area contributed by atoms with Gasteiger partial charge in [-0.3, -0.25) is 9.78 Å². The van der Waals surface area contributed by atoms with Gasteiger partial charge in [0.2, 0.25) is 0 Å². The van der Waals surface area contributed by atoms with Gasteiger partial charge in [0, 0.05) is 34.0 Å². The van der Waals surface area contributed by atoms with E-state index in [4.69, 9.17) is 5.73 Å². The number of rotatable bonds is 5. The molecular formula is C24H23BrN6O. The lowest BCUT2D eigenvalue weighted by molar-refractivity contribution is 0.0663. The monoisotopic (exact) mass is 490 g/mol. The lowest BCUT2D eigenvalue weighted by Crippen LogP contribution is -2.34. The van der Waals surface area contributed by atoms with Gasteiger partial charge >= 0.3 is 0 Å². The number of aryl methyl sites for hydroxylation is 2. The van der Waals surface area contributed by atoms with Gasteiger partial charge in [-0.1, -0.05) is 0 Å². The number of carbonyl (C=O) groups is 1. The summed E-state index contributed by atoms with van der Waals surface area (Å²) in [4.78, 5) is 33.2. The molecule has 0 aliphatic carbocycles. The fourth-order valence-electron chi connectivity index (χ4n) is 3.54. The minimum Gasteiger partial charge on any atom is -0.383 e. The maximum atomic E-state index is 13.7. The molecule has 1 unspecified atom stereocenters. The quantitative estimate of drug-likeness (QED) is 0.431. The molecule has 4 rings (SSSR count). The third kappa shape index (κ3) is 4.45. The first-order valence-electron chi connectivity index (χ1n) is 10.2. The Morgan fingerprint density at radius 2 is 1.84 bits per heavy atom. The van der Waals surface area contributed by atoms with Crippen molar-refractivity contribution < 1.29 is 4.79 Å². The van der Waals surface area contributed by atoms with E-state index in [0.717, 1.165) is 32.2 Å². The van der Waals surface area contributed by atoms with Crippen molar-refractivity contribution in [3.05, 3.63) is 87.7 Å². The van der Waals surface area contributed by atoms with Crippen LogP contribution in [0.25, 0.3) is 10.9 Å². The Hall–Kier alpha value is -3.39. The van der Waals surface area contributed by atoms with Crippen molar-refractivity contribution in [1.82, 2.24) is 24.8 Å². The molecule has 4 aromatic rings. The van der Waals surface area contributed by atoms with Gasteiger partial charge in [-0.05, 0) is 84.2 Å². The molecule has 162 valence electrons. The first-order chi connectivity index (χ1) is 15.3. The number of amides is 1. The molecular weight excluding hydrogens is 468 g/mol. The fraction of sp³-hybridized carbons (Fsp3) is 0.208. The van der Waals surface area contributed by atoms with Crippen LogP contribution in [0.15, 0.2) is 59.5 Å². The van der Waals surface area contributed by atoms with Crippen LogP contribution in [0, 0.1) is 13.8 Å². The summed E-state index contributed by atoms with van der Waals surface area (Å²) < 4.78 is 0.896. The number of halogens is 1. The van der Waals surface area contributed by atoms with Crippen LogP contribution in [0.3, 0.4) is 0 Å². The molecule has 1 atom stereocenters. The highest BCUT2D eigenvalue weighted by molar-refractivity contribution is 9.10. The van der Waals surface area contributed by atoms with Crippen molar-refractivity contribution in [2.45, 2.75) is 33.4 Å². The maximum absolute atomic E-state index is 13.7. The van der Waals surface area contributed by atoms with Crippen LogP contribution >= 0.6 is 15.9 Å². The van der Waals surface area contributed by atoms with Gasteiger partial charge in [-0.15, -0.1) is 0 Å². The van der Waals surface area contributed by atoms with E-state index in [0.29, 0.717) is 23.8 Å². The van der Waals surface area contributed by atoms with E-state index in [1.807, 2.05) is 45.0 Å². The summed E-state index contributed by atoms with van der Waals surface area (Å²) >= 11 is 3.45. The second kappa shape index (κ2) is 9.00. The molecule has 2 N–H and O–H groups in total. The number of nitrogens with zero attached hydrogens (tertiary/aromatic N) is 5. The van der Waals surface area contributed by atoms with Crippen molar-refractivity contribution in [2.24, 2.45) is 0 Å². The Morgan fingerprint density at radius 1 is 1.09 bits per heavy atom. The van der Waals surface area contributed by atoms with Gasteiger partial charge < -0.3 is 10.6 Å². The first-order valence-corrected chi connectivity index (χ1v) is 11.0. The molecule has 3 aromatic heterocycles. The number of fused-ring (bicyclic) bond motifs is 1. The lowest BCUT2D eigenvalue weighted by atomic mass is 10.1. The Morgan fingerprint density at radius 3 is 2.56 bits per heavy atom. The highest BCUT2D eigenvalue weighted by Gasteiger charge is 2.26. The molecule has 0 bridgehead atoms. The fourth-order valence-corrected chi connectivity index (χ4v) is 3.99. The third-order valence-corrected chi connectivity index (χ3v) is 5.89. The van der Waals surface area contributed by atoms with Gasteiger partial charge in [-0.25, -0.2) is 15.0 Å². The van der Waals surface area contributed by atoms with Crippen molar-refractivity contribution in [1.29, 1.82) is 0 Å². The smallest absolute Gasteiger partial charge is 0.254 e. The van der Waals surface area contributed by atoms with E-state index >= 15 is 0 Å². The summed E-state index contributed by atoms with van der Waals surface area (Å²) in [5.74, 6) is 0.928. The van der Waals surface area contributed by atoms with E-state index < -0.39 is 0 Å². The molecule has 1 aromatic carbocycles. The topological polar surface area (TPSA) is 97.9 Å². The third-order valence-electron chi connectivity index (χ3n) is 5.45. The van der Waals surface area contributed by atoms with Crippen LogP contribution in [0.1, 0.15) is 46.0 Å². The van der Waals surface area contributed by atoms with Gasteiger partial charge in [-0.2, -0.15) is 0 Å². The standard InChI is InChI=1S/C24H23BrN6O/c1-14-10-19(25)12-29-21(14)13-31(16(3)23-27-7-4-8-28-23)24(32)17-5-6-20-18(11-17)9-15(2)22(26)30-20/h4-12,16H,13H2,1-3H3,(H2,26,30). The molecule has 0 aliphatic heterocycles. The molecule has 0 spiro atoms. The van der Waals surface area contributed by atoms with Crippen LogP contribution in [0.2, 0.25) is 0 Å². The van der Waals surface area contributed by atoms with E-state index in [2.05, 4.69) is 35.9 Å². The van der Waals surface area contributed by atoms with E-state index in [9.17, 15) is 4.79 Å². The Kier molecular flexibility index (Phi) is 6.14. The van der Waals surface area contributed by atoms with Crippen LogP contribution in [0.4, 0.5) is 5.82 Å². The minimum absolute atomic E-state index is 0.134. The summed E-state index contributed by atoms with van der Waals surface area (Å²) in [5, 5.41) is 0.865. The predicted octanol–water partition coefficient (Wildman–Crippen LogP) is 4.78. The predicted molar refractivity (Wildman–Crippen MR) is 128 cm³/mol. The van der Waals surface area contributed by atoms with Gasteiger partial charge in [0.05, 0.1) is 23.8 Å². The Bertz CT molecular complexity index is 1290. The maximum Gasteiger partial charge on any atom is 0.254 e. The van der Waals surface area contributed by atoms with Crippen LogP contribution in [-0.2, 0) is 6.54 Å². The Balaban J connectivity index is 1.75. The number of hydrogen-bond donors (Lipinski definition) is 1. The number of carbonyl (C=O) groups excluding carboxylic acids is 1. The number of nitrogens with two attached hydrogens (primary N) is 1. The van der Waals surface area contributed by atoms with Crippen LogP contribution in [-0.4, -0.2) is 30.7 Å². The zero-order chi connectivity index (χ0) is 22.8. The highest BCUT2D eigenvalue weighted by atomic mass is 79.9. The minimum atomic E-state index is -0.351. The summed E-state index contributed by atoms with van der Waals surface area (Å²) in [5.41, 5.74) is 9.93. The summed E-state index contributed by atoms with van der Waals surface area (Å²) in [6.07, 6.45) is 5.10. The summed E-state index contributed by atoms with van der Waals surface area (Å²) in [7, 11) is 0. The zero-order valence-corrected chi connectivity index (χ0v) is 19.7. The largest absolute Gasteiger partial charge is 0.383 e. The number of nitrogen functional groups attached to an aromatic ring is 1. The Labute approximate surface area is 194 Å². The number of hydrogen-bond acceptors (Lipinski definition) is 6. The number of aromatic nitrogens is 4. The average Bonchev–Trinajstić information content (AvgIpc) is 2.79. The number of pyridine rings is 2. The van der Waals surface area contributed by atoms with E-state index in [1.165, 1.54) is 0 Å². The first kappa shape index (κ1) is 21.8. The highest BCUT2D eigenvalue weighted by Crippen LogP contribution is 2.26. The van der Waals surface area contributed by atoms with Crippen LogP contribution in [0.5, 0.6) is 0 Å². The molecule has 0 aliphatic rings. The second-order valence-electron chi connectivity index (χ2n) is 7.73. The van der Waals surface area contributed by atoms with Crippen molar-refractivity contribution in [3.63, 3.8) is 0 Å². The SMILES string of the molecule is Cc1cc2cc(C(=O)N(Cc3ncc(Br)cc3C)C(C)c3ncccn3)ccc2nc1N. The molecule has 32 heavy (non-hydrogen) atoms. The van der Waals surface area contributed by atoms with Gasteiger partial charge in [0.25, 0.3) is 5.91 Å².